The average molecular weight is 421 g/mol. The fourth-order valence-electron chi connectivity index (χ4n) is 3.77. The van der Waals surface area contributed by atoms with Crippen molar-refractivity contribution in [2.45, 2.75) is 20.5 Å². The maximum atomic E-state index is 13.0. The molecule has 4 rings (SSSR count). The third-order valence-electron chi connectivity index (χ3n) is 5.65. The number of amides is 1. The quantitative estimate of drug-likeness (QED) is 0.602. The molecule has 2 heterocycles. The Kier molecular flexibility index (Phi) is 6.11. The summed E-state index contributed by atoms with van der Waals surface area (Å²) in [4.78, 5) is 17.2. The van der Waals surface area contributed by atoms with Crippen LogP contribution in [0.2, 0.25) is 0 Å². The first kappa shape index (κ1) is 20.8. The average Bonchev–Trinajstić information content (AvgIpc) is 3.14. The molecule has 1 fully saturated rings. The summed E-state index contributed by atoms with van der Waals surface area (Å²) < 4.78 is 16.6. The second-order valence-electron chi connectivity index (χ2n) is 7.57. The number of nitrogens with zero attached hydrogens (tertiary/aromatic N) is 3. The number of benzene rings is 2. The molecule has 2 aromatic carbocycles. The molecular formula is C24H27N3O4. The van der Waals surface area contributed by atoms with Gasteiger partial charge >= 0.3 is 0 Å². The molecule has 0 bridgehead atoms. The van der Waals surface area contributed by atoms with Gasteiger partial charge in [-0.1, -0.05) is 23.4 Å². The lowest BCUT2D eigenvalue weighted by atomic mass is 10.1. The summed E-state index contributed by atoms with van der Waals surface area (Å²) in [7, 11) is 1.57. The van der Waals surface area contributed by atoms with Crippen LogP contribution in [-0.4, -0.2) is 49.3 Å². The summed E-state index contributed by atoms with van der Waals surface area (Å²) in [6.45, 7) is 7.05. The van der Waals surface area contributed by atoms with E-state index in [1.165, 1.54) is 5.69 Å². The predicted octanol–water partition coefficient (Wildman–Crippen LogP) is 3.84. The summed E-state index contributed by atoms with van der Waals surface area (Å²) in [5.41, 5.74) is 3.50. The summed E-state index contributed by atoms with van der Waals surface area (Å²) in [6, 6.07) is 15.6. The van der Waals surface area contributed by atoms with E-state index in [4.69, 9.17) is 14.0 Å². The molecule has 1 amide bonds. The lowest BCUT2D eigenvalue weighted by Gasteiger charge is -2.36. The zero-order valence-electron chi connectivity index (χ0n) is 18.1. The van der Waals surface area contributed by atoms with Crippen molar-refractivity contribution in [2.75, 3.05) is 38.2 Å². The van der Waals surface area contributed by atoms with Gasteiger partial charge in [-0.05, 0) is 44.2 Å². The Labute approximate surface area is 182 Å². The SMILES string of the molecule is COc1cc(C(=O)N2CCN(c3ccccc3)CC2)ccc1OCc1c(C)noc1C. The molecule has 3 aromatic rings. The van der Waals surface area contributed by atoms with Crippen LogP contribution in [0.15, 0.2) is 53.1 Å². The number of anilines is 1. The Balaban J connectivity index is 1.41. The zero-order chi connectivity index (χ0) is 21.8. The van der Waals surface area contributed by atoms with Gasteiger partial charge in [-0.25, -0.2) is 0 Å². The standard InChI is InChI=1S/C24H27N3O4/c1-17-21(18(2)31-25-17)16-30-22-10-9-19(15-23(22)29-3)24(28)27-13-11-26(12-14-27)20-7-5-4-6-8-20/h4-10,15H,11-14,16H2,1-3H3. The number of carbonyl (C=O) groups is 1. The third kappa shape index (κ3) is 4.50. The lowest BCUT2D eigenvalue weighted by Crippen LogP contribution is -2.48. The minimum Gasteiger partial charge on any atom is -0.493 e. The summed E-state index contributed by atoms with van der Waals surface area (Å²) in [6.07, 6.45) is 0. The van der Waals surface area contributed by atoms with Crippen LogP contribution in [0.1, 0.15) is 27.4 Å². The van der Waals surface area contributed by atoms with Crippen molar-refractivity contribution in [3.63, 3.8) is 0 Å². The molecule has 0 spiro atoms. The minimum atomic E-state index is 0.00304. The van der Waals surface area contributed by atoms with Crippen LogP contribution >= 0.6 is 0 Å². The molecule has 0 saturated carbocycles. The Morgan fingerprint density at radius 1 is 1.03 bits per heavy atom. The summed E-state index contributed by atoms with van der Waals surface area (Å²) in [5, 5.41) is 3.94. The smallest absolute Gasteiger partial charge is 0.254 e. The Bertz CT molecular complexity index is 1020. The van der Waals surface area contributed by atoms with E-state index in [1.54, 1.807) is 25.3 Å². The fraction of sp³-hybridized carbons (Fsp3) is 0.333. The normalized spacial score (nSPS) is 13.9. The molecule has 0 atom stereocenters. The number of rotatable bonds is 6. The number of piperazine rings is 1. The van der Waals surface area contributed by atoms with Crippen molar-refractivity contribution in [1.29, 1.82) is 0 Å². The van der Waals surface area contributed by atoms with Crippen molar-refractivity contribution < 1.29 is 18.8 Å². The molecule has 0 aliphatic carbocycles. The number of hydrogen-bond donors (Lipinski definition) is 0. The van der Waals surface area contributed by atoms with Crippen LogP contribution < -0.4 is 14.4 Å². The van der Waals surface area contributed by atoms with Crippen molar-refractivity contribution in [2.24, 2.45) is 0 Å². The highest BCUT2D eigenvalue weighted by Gasteiger charge is 2.23. The topological polar surface area (TPSA) is 68.0 Å². The highest BCUT2D eigenvalue weighted by molar-refractivity contribution is 5.95. The number of carbonyl (C=O) groups excluding carboxylic acids is 1. The van der Waals surface area contributed by atoms with Gasteiger partial charge in [0, 0.05) is 37.4 Å². The van der Waals surface area contributed by atoms with E-state index in [0.29, 0.717) is 36.8 Å². The van der Waals surface area contributed by atoms with E-state index < -0.39 is 0 Å². The van der Waals surface area contributed by atoms with Gasteiger partial charge in [-0.2, -0.15) is 0 Å². The second-order valence-corrected chi connectivity index (χ2v) is 7.57. The first-order chi connectivity index (χ1) is 15.1. The highest BCUT2D eigenvalue weighted by atomic mass is 16.5. The summed E-state index contributed by atoms with van der Waals surface area (Å²) >= 11 is 0. The number of para-hydroxylation sites is 1. The lowest BCUT2D eigenvalue weighted by molar-refractivity contribution is 0.0746. The van der Waals surface area contributed by atoms with Crippen LogP contribution in [0.3, 0.4) is 0 Å². The van der Waals surface area contributed by atoms with Gasteiger partial charge in [0.1, 0.15) is 12.4 Å². The van der Waals surface area contributed by atoms with Gasteiger partial charge in [0.15, 0.2) is 11.5 Å². The molecule has 0 unspecified atom stereocenters. The van der Waals surface area contributed by atoms with E-state index in [0.717, 1.165) is 30.1 Å². The first-order valence-electron chi connectivity index (χ1n) is 10.4. The molecule has 1 aliphatic rings. The monoisotopic (exact) mass is 421 g/mol. The number of ether oxygens (including phenoxy) is 2. The number of hydrogen-bond acceptors (Lipinski definition) is 6. The molecule has 1 aromatic heterocycles. The van der Waals surface area contributed by atoms with Crippen molar-refractivity contribution in [3.8, 4) is 11.5 Å². The van der Waals surface area contributed by atoms with Gasteiger partial charge in [0.25, 0.3) is 5.91 Å². The van der Waals surface area contributed by atoms with Gasteiger partial charge in [-0.3, -0.25) is 4.79 Å². The van der Waals surface area contributed by atoms with Crippen molar-refractivity contribution in [1.82, 2.24) is 10.1 Å². The number of aryl methyl sites for hydroxylation is 2. The first-order valence-corrected chi connectivity index (χ1v) is 10.4. The summed E-state index contributed by atoms with van der Waals surface area (Å²) in [5.74, 6) is 1.84. The molecule has 7 nitrogen and oxygen atoms in total. The molecule has 0 radical (unpaired) electrons. The zero-order valence-corrected chi connectivity index (χ0v) is 18.1. The molecule has 1 aliphatic heterocycles. The number of methoxy groups -OCH3 is 1. The van der Waals surface area contributed by atoms with E-state index >= 15 is 0 Å². The minimum absolute atomic E-state index is 0.00304. The Morgan fingerprint density at radius 2 is 1.77 bits per heavy atom. The molecule has 1 saturated heterocycles. The molecule has 31 heavy (non-hydrogen) atoms. The third-order valence-corrected chi connectivity index (χ3v) is 5.65. The molecule has 0 N–H and O–H groups in total. The van der Waals surface area contributed by atoms with Gasteiger partial charge in [-0.15, -0.1) is 0 Å². The molecule has 7 heteroatoms. The Hall–Kier alpha value is -3.48. The fourth-order valence-corrected chi connectivity index (χ4v) is 3.77. The van der Waals surface area contributed by atoms with Crippen LogP contribution in [-0.2, 0) is 6.61 Å². The van der Waals surface area contributed by atoms with Crippen molar-refractivity contribution in [3.05, 3.63) is 71.1 Å². The van der Waals surface area contributed by atoms with E-state index in [2.05, 4.69) is 22.2 Å². The maximum absolute atomic E-state index is 13.0. The molecule has 162 valence electrons. The van der Waals surface area contributed by atoms with Crippen LogP contribution in [0.4, 0.5) is 5.69 Å². The van der Waals surface area contributed by atoms with E-state index in [1.807, 2.05) is 36.9 Å². The van der Waals surface area contributed by atoms with Gasteiger partial charge in [0.2, 0.25) is 0 Å². The van der Waals surface area contributed by atoms with Crippen LogP contribution in [0, 0.1) is 13.8 Å². The highest BCUT2D eigenvalue weighted by Crippen LogP contribution is 2.30. The Morgan fingerprint density at radius 3 is 2.42 bits per heavy atom. The maximum Gasteiger partial charge on any atom is 0.254 e. The van der Waals surface area contributed by atoms with Gasteiger partial charge in [0.05, 0.1) is 18.4 Å². The largest absolute Gasteiger partial charge is 0.493 e. The van der Waals surface area contributed by atoms with E-state index in [9.17, 15) is 4.79 Å². The van der Waals surface area contributed by atoms with Crippen molar-refractivity contribution >= 4 is 11.6 Å². The van der Waals surface area contributed by atoms with E-state index in [-0.39, 0.29) is 5.91 Å². The van der Waals surface area contributed by atoms with Crippen LogP contribution in [0.5, 0.6) is 11.5 Å². The second kappa shape index (κ2) is 9.12. The van der Waals surface area contributed by atoms with Crippen LogP contribution in [0.25, 0.3) is 0 Å². The predicted molar refractivity (Wildman–Crippen MR) is 118 cm³/mol. The number of aromatic nitrogens is 1. The molecular weight excluding hydrogens is 394 g/mol. The van der Waals surface area contributed by atoms with Gasteiger partial charge < -0.3 is 23.8 Å².